The molecule has 0 radical (unpaired) electrons. The Morgan fingerprint density at radius 2 is 1.78 bits per heavy atom. The molecule has 3 rings (SSSR count). The maximum absolute atomic E-state index is 12.9. The molecule has 1 aliphatic rings. The summed E-state index contributed by atoms with van der Waals surface area (Å²) in [6, 6.07) is 12.3. The van der Waals surface area contributed by atoms with Crippen LogP contribution in [0.5, 0.6) is 0 Å². The molecule has 7 nitrogen and oxygen atoms in total. The van der Waals surface area contributed by atoms with Crippen molar-refractivity contribution in [1.82, 2.24) is 4.90 Å². The maximum atomic E-state index is 12.9. The summed E-state index contributed by atoms with van der Waals surface area (Å²) in [5, 5.41) is 11.4. The highest BCUT2D eigenvalue weighted by Gasteiger charge is 2.33. The zero-order chi connectivity index (χ0) is 19.4. The van der Waals surface area contributed by atoms with Crippen molar-refractivity contribution in [3.05, 3.63) is 74.8 Å². The smallest absolute Gasteiger partial charge is 0.346 e. The van der Waals surface area contributed by atoms with Crippen LogP contribution in [-0.4, -0.2) is 34.8 Å². The van der Waals surface area contributed by atoms with E-state index in [1.165, 1.54) is 12.1 Å². The van der Waals surface area contributed by atoms with Gasteiger partial charge in [0.25, 0.3) is 11.6 Å². The third kappa shape index (κ3) is 4.25. The number of nitro groups is 1. The molecule has 1 aliphatic heterocycles. The van der Waals surface area contributed by atoms with Crippen LogP contribution in [0.3, 0.4) is 0 Å². The Kier molecular flexibility index (Phi) is 5.71. The van der Waals surface area contributed by atoms with Crippen molar-refractivity contribution in [3.63, 3.8) is 0 Å². The third-order valence-electron chi connectivity index (χ3n) is 4.35. The number of hydrogen-bond donors (Lipinski definition) is 0. The largest absolute Gasteiger partial charge is 0.443 e. The van der Waals surface area contributed by atoms with Crippen LogP contribution in [0.4, 0.5) is 5.69 Å². The number of hydrogen-bond acceptors (Lipinski definition) is 5. The standard InChI is InChI=1S/C19H17ClN2O5/c20-14-8-9-15(16(12-14)22(25)26)19(24)27-17(13-6-2-1-3-7-13)18(23)21-10-4-5-11-21/h1-3,6-9,12,17H,4-5,10-11H2. The molecule has 0 bridgehead atoms. The lowest BCUT2D eigenvalue weighted by molar-refractivity contribution is -0.385. The van der Waals surface area contributed by atoms with Gasteiger partial charge in [-0.15, -0.1) is 0 Å². The average Bonchev–Trinajstić information content (AvgIpc) is 3.20. The predicted molar refractivity (Wildman–Crippen MR) is 98.5 cm³/mol. The molecule has 1 fully saturated rings. The zero-order valence-corrected chi connectivity index (χ0v) is 15.1. The number of benzene rings is 2. The van der Waals surface area contributed by atoms with E-state index in [9.17, 15) is 19.7 Å². The number of carbonyl (C=O) groups is 2. The van der Waals surface area contributed by atoms with Crippen LogP contribution in [0.1, 0.15) is 34.9 Å². The van der Waals surface area contributed by atoms with Gasteiger partial charge in [-0.3, -0.25) is 14.9 Å². The normalized spacial score (nSPS) is 14.6. The summed E-state index contributed by atoms with van der Waals surface area (Å²) in [5.41, 5.74) is -0.202. The van der Waals surface area contributed by atoms with Crippen LogP contribution in [0.25, 0.3) is 0 Å². The summed E-state index contributed by atoms with van der Waals surface area (Å²) >= 11 is 5.79. The van der Waals surface area contributed by atoms with Gasteiger partial charge in [-0.25, -0.2) is 4.79 Å². The number of amides is 1. The topological polar surface area (TPSA) is 89.8 Å². The number of carbonyl (C=O) groups excluding carboxylic acids is 2. The van der Waals surface area contributed by atoms with Gasteiger partial charge in [-0.1, -0.05) is 41.9 Å². The summed E-state index contributed by atoms with van der Waals surface area (Å²) in [4.78, 5) is 37.7. The fraction of sp³-hybridized carbons (Fsp3) is 0.263. The number of nitro benzene ring substituents is 1. The van der Waals surface area contributed by atoms with Crippen molar-refractivity contribution in [2.24, 2.45) is 0 Å². The molecule has 27 heavy (non-hydrogen) atoms. The molecular weight excluding hydrogens is 372 g/mol. The van der Waals surface area contributed by atoms with E-state index in [1.807, 2.05) is 0 Å². The minimum Gasteiger partial charge on any atom is -0.443 e. The molecule has 2 aromatic rings. The Bertz CT molecular complexity index is 866. The van der Waals surface area contributed by atoms with Crippen molar-refractivity contribution in [2.45, 2.75) is 18.9 Å². The Hall–Kier alpha value is -2.93. The van der Waals surface area contributed by atoms with Gasteiger partial charge in [0, 0.05) is 29.7 Å². The minimum absolute atomic E-state index is 0.131. The fourth-order valence-corrected chi connectivity index (χ4v) is 3.16. The van der Waals surface area contributed by atoms with Crippen molar-refractivity contribution >= 4 is 29.2 Å². The number of nitrogens with zero attached hydrogens (tertiary/aromatic N) is 2. The maximum Gasteiger partial charge on any atom is 0.346 e. The lowest BCUT2D eigenvalue weighted by Crippen LogP contribution is -2.35. The summed E-state index contributed by atoms with van der Waals surface area (Å²) in [5.74, 6) is -1.27. The number of likely N-dealkylation sites (tertiary alicyclic amines) is 1. The second-order valence-electron chi connectivity index (χ2n) is 6.15. The summed E-state index contributed by atoms with van der Waals surface area (Å²) < 4.78 is 5.45. The Balaban J connectivity index is 1.91. The SMILES string of the molecule is O=C(OC(C(=O)N1CCCC1)c1ccccc1)c1ccc(Cl)cc1[N+](=O)[O-]. The lowest BCUT2D eigenvalue weighted by Gasteiger charge is -2.23. The lowest BCUT2D eigenvalue weighted by atomic mass is 10.1. The van der Waals surface area contributed by atoms with E-state index >= 15 is 0 Å². The summed E-state index contributed by atoms with van der Waals surface area (Å²) in [6.07, 6.45) is 0.625. The highest BCUT2D eigenvalue weighted by atomic mass is 35.5. The fourth-order valence-electron chi connectivity index (χ4n) is 2.99. The van der Waals surface area contributed by atoms with Crippen LogP contribution < -0.4 is 0 Å². The van der Waals surface area contributed by atoms with Gasteiger partial charge in [0.1, 0.15) is 5.56 Å². The van der Waals surface area contributed by atoms with Crippen molar-refractivity contribution in [2.75, 3.05) is 13.1 Å². The van der Waals surface area contributed by atoms with E-state index in [2.05, 4.69) is 0 Å². The van der Waals surface area contributed by atoms with E-state index in [4.69, 9.17) is 16.3 Å². The van der Waals surface area contributed by atoms with Crippen molar-refractivity contribution < 1.29 is 19.2 Å². The molecular formula is C19H17ClN2O5. The number of esters is 1. The van der Waals surface area contributed by atoms with Gasteiger partial charge in [0.05, 0.1) is 4.92 Å². The molecule has 0 saturated carbocycles. The highest BCUT2D eigenvalue weighted by molar-refractivity contribution is 6.31. The van der Waals surface area contributed by atoms with E-state index < -0.39 is 22.7 Å². The van der Waals surface area contributed by atoms with E-state index in [0.29, 0.717) is 18.7 Å². The Morgan fingerprint density at radius 3 is 2.41 bits per heavy atom. The van der Waals surface area contributed by atoms with Crippen LogP contribution in [0.15, 0.2) is 48.5 Å². The second-order valence-corrected chi connectivity index (χ2v) is 6.58. The quantitative estimate of drug-likeness (QED) is 0.442. The monoisotopic (exact) mass is 388 g/mol. The number of halogens is 1. The minimum atomic E-state index is -1.16. The first kappa shape index (κ1) is 18.8. The van der Waals surface area contributed by atoms with Gasteiger partial charge >= 0.3 is 5.97 Å². The molecule has 0 aromatic heterocycles. The van der Waals surface area contributed by atoms with Gasteiger partial charge in [0.15, 0.2) is 0 Å². The highest BCUT2D eigenvalue weighted by Crippen LogP contribution is 2.28. The molecule has 1 amide bonds. The molecule has 0 N–H and O–H groups in total. The zero-order valence-electron chi connectivity index (χ0n) is 14.3. The molecule has 1 saturated heterocycles. The Morgan fingerprint density at radius 1 is 1.11 bits per heavy atom. The van der Waals surface area contributed by atoms with Gasteiger partial charge in [0.2, 0.25) is 6.10 Å². The van der Waals surface area contributed by atoms with Crippen LogP contribution in [0, 0.1) is 10.1 Å². The molecule has 2 aromatic carbocycles. The van der Waals surface area contributed by atoms with Crippen molar-refractivity contribution in [1.29, 1.82) is 0 Å². The molecule has 0 spiro atoms. The molecule has 140 valence electrons. The van der Waals surface area contributed by atoms with Gasteiger partial charge in [-0.2, -0.15) is 0 Å². The van der Waals surface area contributed by atoms with Crippen LogP contribution >= 0.6 is 11.6 Å². The van der Waals surface area contributed by atoms with Crippen LogP contribution in [-0.2, 0) is 9.53 Å². The number of ether oxygens (including phenoxy) is 1. The molecule has 1 atom stereocenters. The molecule has 1 unspecified atom stereocenters. The molecule has 0 aliphatic carbocycles. The third-order valence-corrected chi connectivity index (χ3v) is 4.58. The van der Waals surface area contributed by atoms with Gasteiger partial charge < -0.3 is 9.64 Å². The first-order chi connectivity index (χ1) is 13.0. The van der Waals surface area contributed by atoms with E-state index in [-0.39, 0.29) is 16.5 Å². The van der Waals surface area contributed by atoms with Crippen molar-refractivity contribution in [3.8, 4) is 0 Å². The Labute approximate surface area is 160 Å². The molecule has 1 heterocycles. The van der Waals surface area contributed by atoms with E-state index in [1.54, 1.807) is 35.2 Å². The number of rotatable bonds is 5. The van der Waals surface area contributed by atoms with Crippen LogP contribution in [0.2, 0.25) is 5.02 Å². The second kappa shape index (κ2) is 8.18. The first-order valence-corrected chi connectivity index (χ1v) is 8.84. The first-order valence-electron chi connectivity index (χ1n) is 8.46. The average molecular weight is 389 g/mol. The summed E-state index contributed by atoms with van der Waals surface area (Å²) in [7, 11) is 0. The molecule has 8 heteroatoms. The van der Waals surface area contributed by atoms with E-state index in [0.717, 1.165) is 18.9 Å². The predicted octanol–water partition coefficient (Wildman–Crippen LogP) is 3.77. The van der Waals surface area contributed by atoms with Gasteiger partial charge in [-0.05, 0) is 25.0 Å². The summed E-state index contributed by atoms with van der Waals surface area (Å²) in [6.45, 7) is 1.20.